The number of pyridine rings is 1. The molecule has 0 saturated carbocycles. The summed E-state index contributed by atoms with van der Waals surface area (Å²) in [5.41, 5.74) is 0.994. The number of hydrogen-bond donors (Lipinski definition) is 1. The van der Waals surface area contributed by atoms with Gasteiger partial charge in [-0.3, -0.25) is 9.88 Å². The highest BCUT2D eigenvalue weighted by Crippen LogP contribution is 2.27. The van der Waals surface area contributed by atoms with Crippen LogP contribution in [-0.2, 0) is 13.1 Å². The quantitative estimate of drug-likeness (QED) is 0.779. The summed E-state index contributed by atoms with van der Waals surface area (Å²) in [4.78, 5) is 6.33. The smallest absolute Gasteiger partial charge is 0.159 e. The summed E-state index contributed by atoms with van der Waals surface area (Å²) >= 11 is 0. The molecule has 1 fully saturated rings. The highest BCUT2D eigenvalue weighted by Gasteiger charge is 2.33. The van der Waals surface area contributed by atoms with E-state index in [1.165, 1.54) is 6.07 Å². The van der Waals surface area contributed by atoms with Crippen LogP contribution in [0.2, 0.25) is 0 Å². The molecule has 26 heavy (non-hydrogen) atoms. The lowest BCUT2D eigenvalue weighted by molar-refractivity contribution is -0.0349. The average Bonchev–Trinajstić information content (AvgIpc) is 3.03. The van der Waals surface area contributed by atoms with E-state index in [0.717, 1.165) is 22.5 Å². The number of rotatable bonds is 4. The first-order valence-electron chi connectivity index (χ1n) is 8.80. The van der Waals surface area contributed by atoms with Gasteiger partial charge in [-0.15, -0.1) is 0 Å². The van der Waals surface area contributed by atoms with Gasteiger partial charge in [-0.1, -0.05) is 6.07 Å². The summed E-state index contributed by atoms with van der Waals surface area (Å²) < 4.78 is 28.4. The monoisotopic (exact) mass is 357 g/mol. The molecule has 1 aromatic carbocycles. The molecule has 3 aromatic rings. The van der Waals surface area contributed by atoms with Gasteiger partial charge in [0.05, 0.1) is 23.9 Å². The van der Waals surface area contributed by atoms with E-state index in [-0.39, 0.29) is 0 Å². The molecule has 0 atom stereocenters. The van der Waals surface area contributed by atoms with Crippen molar-refractivity contribution < 1.29 is 13.9 Å². The molecular weight excluding hydrogens is 336 g/mol. The topological polar surface area (TPSA) is 41.3 Å². The Labute approximate surface area is 150 Å². The Morgan fingerprint density at radius 1 is 1.08 bits per heavy atom. The zero-order chi connectivity index (χ0) is 18.1. The normalized spacial score (nSPS) is 17.7. The Morgan fingerprint density at radius 3 is 2.65 bits per heavy atom. The Hall–Kier alpha value is -2.31. The standard InChI is InChI=1S/C20H21F2N3O/c21-17-2-1-15(11-18(17)22)13-24-9-5-20(26,6-10-24)14-25-8-4-16-3-7-23-12-19(16)25/h1-4,7-8,11-12,26H,5-6,9-10,13-14H2. The molecule has 1 saturated heterocycles. The Morgan fingerprint density at radius 2 is 1.88 bits per heavy atom. The Balaban J connectivity index is 1.39. The number of fused-ring (bicyclic) bond motifs is 1. The molecular formula is C20H21F2N3O. The van der Waals surface area contributed by atoms with Crippen molar-refractivity contribution in [2.24, 2.45) is 0 Å². The van der Waals surface area contributed by atoms with Gasteiger partial charge in [0.2, 0.25) is 0 Å². The largest absolute Gasteiger partial charge is 0.388 e. The number of piperidine rings is 1. The molecule has 0 radical (unpaired) electrons. The molecule has 0 unspecified atom stereocenters. The second-order valence-corrected chi connectivity index (χ2v) is 7.13. The van der Waals surface area contributed by atoms with Crippen molar-refractivity contribution >= 4 is 10.9 Å². The summed E-state index contributed by atoms with van der Waals surface area (Å²) in [6.07, 6.45) is 6.83. The summed E-state index contributed by atoms with van der Waals surface area (Å²) in [5.74, 6) is -1.64. The van der Waals surface area contributed by atoms with Crippen LogP contribution in [0.5, 0.6) is 0 Å². The number of nitrogens with zero attached hydrogens (tertiary/aromatic N) is 3. The molecule has 2 aromatic heterocycles. The van der Waals surface area contributed by atoms with Crippen molar-refractivity contribution in [1.82, 2.24) is 14.5 Å². The molecule has 1 N–H and O–H groups in total. The second-order valence-electron chi connectivity index (χ2n) is 7.13. The van der Waals surface area contributed by atoms with Crippen LogP contribution in [0.4, 0.5) is 8.78 Å². The SMILES string of the molecule is OC1(Cn2ccc3ccncc32)CCN(Cc2ccc(F)c(F)c2)CC1. The third-order valence-corrected chi connectivity index (χ3v) is 5.22. The molecule has 6 heteroatoms. The van der Waals surface area contributed by atoms with Crippen molar-refractivity contribution in [3.8, 4) is 0 Å². The zero-order valence-electron chi connectivity index (χ0n) is 14.4. The number of aliphatic hydroxyl groups is 1. The molecule has 1 aliphatic rings. The van der Waals surface area contributed by atoms with Crippen LogP contribution in [-0.4, -0.2) is 38.2 Å². The van der Waals surface area contributed by atoms with Gasteiger partial charge in [-0.25, -0.2) is 8.78 Å². The van der Waals surface area contributed by atoms with Crippen LogP contribution in [0.25, 0.3) is 10.9 Å². The maximum absolute atomic E-state index is 13.4. The maximum Gasteiger partial charge on any atom is 0.159 e. The number of likely N-dealkylation sites (tertiary alicyclic amines) is 1. The minimum atomic E-state index is -0.824. The second kappa shape index (κ2) is 6.78. The van der Waals surface area contributed by atoms with E-state index >= 15 is 0 Å². The van der Waals surface area contributed by atoms with E-state index < -0.39 is 17.2 Å². The van der Waals surface area contributed by atoms with Crippen LogP contribution in [0, 0.1) is 11.6 Å². The van der Waals surface area contributed by atoms with Crippen molar-refractivity contribution in [2.45, 2.75) is 31.5 Å². The fraction of sp³-hybridized carbons (Fsp3) is 0.350. The number of benzene rings is 1. The molecule has 0 bridgehead atoms. The predicted octanol–water partition coefficient (Wildman–Crippen LogP) is 3.34. The van der Waals surface area contributed by atoms with E-state index in [9.17, 15) is 13.9 Å². The van der Waals surface area contributed by atoms with Crippen molar-refractivity contribution in [3.63, 3.8) is 0 Å². The first-order chi connectivity index (χ1) is 12.5. The predicted molar refractivity (Wildman–Crippen MR) is 95.6 cm³/mol. The molecule has 1 aliphatic heterocycles. The minimum absolute atomic E-state index is 0.529. The van der Waals surface area contributed by atoms with Gasteiger partial charge >= 0.3 is 0 Å². The minimum Gasteiger partial charge on any atom is -0.388 e. The van der Waals surface area contributed by atoms with Gasteiger partial charge in [-0.2, -0.15) is 0 Å². The number of hydrogen-bond acceptors (Lipinski definition) is 3. The number of halogens is 2. The van der Waals surface area contributed by atoms with E-state index in [2.05, 4.69) is 9.88 Å². The first-order valence-corrected chi connectivity index (χ1v) is 8.80. The van der Waals surface area contributed by atoms with Gasteiger partial charge in [-0.05, 0) is 42.7 Å². The lowest BCUT2D eigenvalue weighted by Gasteiger charge is -2.38. The van der Waals surface area contributed by atoms with Crippen LogP contribution in [0.3, 0.4) is 0 Å². The van der Waals surface area contributed by atoms with Crippen molar-refractivity contribution in [1.29, 1.82) is 0 Å². The summed E-state index contributed by atoms with van der Waals surface area (Å²) in [5, 5.41) is 12.1. The number of aromatic nitrogens is 2. The van der Waals surface area contributed by atoms with Crippen LogP contribution < -0.4 is 0 Å². The molecule has 3 heterocycles. The van der Waals surface area contributed by atoms with Gasteiger partial charge in [0.25, 0.3) is 0 Å². The first kappa shape index (κ1) is 17.1. The van der Waals surface area contributed by atoms with Gasteiger partial charge in [0.15, 0.2) is 11.6 Å². The highest BCUT2D eigenvalue weighted by molar-refractivity contribution is 5.78. The highest BCUT2D eigenvalue weighted by atomic mass is 19.2. The van der Waals surface area contributed by atoms with Crippen LogP contribution >= 0.6 is 0 Å². The maximum atomic E-state index is 13.4. The molecule has 4 rings (SSSR count). The lowest BCUT2D eigenvalue weighted by Crippen LogP contribution is -2.46. The van der Waals surface area contributed by atoms with E-state index in [1.54, 1.807) is 12.3 Å². The van der Waals surface area contributed by atoms with Gasteiger partial charge in [0.1, 0.15) is 0 Å². The molecule has 0 amide bonds. The third kappa shape index (κ3) is 3.48. The Bertz CT molecular complexity index is 916. The van der Waals surface area contributed by atoms with Crippen LogP contribution in [0.1, 0.15) is 18.4 Å². The Kier molecular flexibility index (Phi) is 4.46. The van der Waals surface area contributed by atoms with Gasteiger partial charge < -0.3 is 9.67 Å². The van der Waals surface area contributed by atoms with E-state index in [1.807, 2.05) is 29.1 Å². The summed E-state index contributed by atoms with van der Waals surface area (Å²) in [7, 11) is 0. The molecule has 4 nitrogen and oxygen atoms in total. The molecule has 136 valence electrons. The third-order valence-electron chi connectivity index (χ3n) is 5.22. The van der Waals surface area contributed by atoms with E-state index in [0.29, 0.717) is 39.0 Å². The van der Waals surface area contributed by atoms with Crippen molar-refractivity contribution in [2.75, 3.05) is 13.1 Å². The molecule has 0 aliphatic carbocycles. The molecule has 0 spiro atoms. The van der Waals surface area contributed by atoms with Gasteiger partial charge in [0, 0.05) is 37.4 Å². The van der Waals surface area contributed by atoms with E-state index in [4.69, 9.17) is 0 Å². The summed E-state index contributed by atoms with van der Waals surface area (Å²) in [6, 6.07) is 8.00. The van der Waals surface area contributed by atoms with Crippen molar-refractivity contribution in [3.05, 3.63) is 66.1 Å². The average molecular weight is 357 g/mol. The summed E-state index contributed by atoms with van der Waals surface area (Å²) in [6.45, 7) is 2.52. The fourth-order valence-electron chi connectivity index (χ4n) is 3.67. The lowest BCUT2D eigenvalue weighted by atomic mass is 9.91. The zero-order valence-corrected chi connectivity index (χ0v) is 14.4. The van der Waals surface area contributed by atoms with Crippen LogP contribution in [0.15, 0.2) is 48.9 Å². The fourth-order valence-corrected chi connectivity index (χ4v) is 3.67.